The maximum absolute atomic E-state index is 11.1. The summed E-state index contributed by atoms with van der Waals surface area (Å²) in [6, 6.07) is 9.00. The van der Waals surface area contributed by atoms with Gasteiger partial charge in [0.05, 0.1) is 11.6 Å². The van der Waals surface area contributed by atoms with E-state index in [1.807, 2.05) is 6.07 Å². The minimum absolute atomic E-state index is 0.0654. The lowest BCUT2D eigenvalue weighted by atomic mass is 10.1. The molecule has 0 aliphatic heterocycles. The topological polar surface area (TPSA) is 44.1 Å². The van der Waals surface area contributed by atoms with E-state index in [0.29, 0.717) is 11.3 Å². The van der Waals surface area contributed by atoms with Crippen LogP contribution < -0.4 is 0 Å². The molecule has 0 radical (unpaired) electrons. The molecule has 0 saturated heterocycles. The van der Waals surface area contributed by atoms with Gasteiger partial charge in [0.25, 0.3) is 0 Å². The zero-order chi connectivity index (χ0) is 11.4. The Kier molecular flexibility index (Phi) is 3.25. The first-order valence-electron chi connectivity index (χ1n) is 4.50. The van der Waals surface area contributed by atoms with Crippen LogP contribution in [0.4, 0.5) is 0 Å². The predicted molar refractivity (Wildman–Crippen MR) is 58.6 cm³/mol. The van der Waals surface area contributed by atoms with Crippen molar-refractivity contribution in [2.45, 2.75) is 6.92 Å². The van der Waals surface area contributed by atoms with E-state index in [2.05, 4.69) is 6.58 Å². The molecule has 3 nitrogen and oxygen atoms in total. The standard InChI is InChI=1S/C12H12N2O/c1-9(14(3)10(2)15)12-6-4-11(8-13)5-7-12/h4-7H,1H2,2-3H3. The minimum atomic E-state index is -0.0654. The highest BCUT2D eigenvalue weighted by Crippen LogP contribution is 2.16. The molecule has 0 aromatic heterocycles. The van der Waals surface area contributed by atoms with Crippen LogP contribution in [0.25, 0.3) is 5.70 Å². The average Bonchev–Trinajstić information content (AvgIpc) is 2.27. The van der Waals surface area contributed by atoms with Crippen LogP contribution in [0.3, 0.4) is 0 Å². The molecule has 0 spiro atoms. The molecule has 0 aliphatic carbocycles. The van der Waals surface area contributed by atoms with E-state index < -0.39 is 0 Å². The summed E-state index contributed by atoms with van der Waals surface area (Å²) in [6.45, 7) is 5.30. The van der Waals surface area contributed by atoms with Crippen LogP contribution in [-0.2, 0) is 4.79 Å². The Morgan fingerprint density at radius 1 is 1.40 bits per heavy atom. The monoisotopic (exact) mass is 200 g/mol. The molecular formula is C12H12N2O. The van der Waals surface area contributed by atoms with E-state index in [0.717, 1.165) is 5.56 Å². The summed E-state index contributed by atoms with van der Waals surface area (Å²) in [6.07, 6.45) is 0. The molecular weight excluding hydrogens is 188 g/mol. The molecule has 0 heterocycles. The Morgan fingerprint density at radius 3 is 2.33 bits per heavy atom. The predicted octanol–water partition coefficient (Wildman–Crippen LogP) is 2.01. The molecule has 0 atom stereocenters. The average molecular weight is 200 g/mol. The van der Waals surface area contributed by atoms with Gasteiger partial charge in [-0.2, -0.15) is 5.26 Å². The first-order chi connectivity index (χ1) is 7.06. The number of amides is 1. The van der Waals surface area contributed by atoms with Crippen molar-refractivity contribution >= 4 is 11.6 Å². The summed E-state index contributed by atoms with van der Waals surface area (Å²) in [7, 11) is 1.67. The Labute approximate surface area is 89.2 Å². The molecule has 1 amide bonds. The van der Waals surface area contributed by atoms with E-state index in [9.17, 15) is 4.79 Å². The van der Waals surface area contributed by atoms with Gasteiger partial charge in [0.1, 0.15) is 0 Å². The summed E-state index contributed by atoms with van der Waals surface area (Å²) < 4.78 is 0. The Bertz CT molecular complexity index is 426. The first kappa shape index (κ1) is 11.0. The van der Waals surface area contributed by atoms with Gasteiger partial charge in [0.15, 0.2) is 0 Å². The molecule has 3 heteroatoms. The molecule has 0 N–H and O–H groups in total. The largest absolute Gasteiger partial charge is 0.316 e. The van der Waals surface area contributed by atoms with E-state index in [4.69, 9.17) is 5.26 Å². The van der Waals surface area contributed by atoms with Crippen molar-refractivity contribution in [3.63, 3.8) is 0 Å². The third-order valence-electron chi connectivity index (χ3n) is 2.22. The number of hydrogen-bond donors (Lipinski definition) is 0. The van der Waals surface area contributed by atoms with Gasteiger partial charge < -0.3 is 4.90 Å². The minimum Gasteiger partial charge on any atom is -0.316 e. The second kappa shape index (κ2) is 4.43. The van der Waals surface area contributed by atoms with Crippen molar-refractivity contribution < 1.29 is 4.79 Å². The van der Waals surface area contributed by atoms with Crippen LogP contribution in [-0.4, -0.2) is 17.9 Å². The fourth-order valence-corrected chi connectivity index (χ4v) is 1.12. The lowest BCUT2D eigenvalue weighted by Gasteiger charge is -2.17. The molecule has 0 bridgehead atoms. The number of carbonyl (C=O) groups excluding carboxylic acids is 1. The summed E-state index contributed by atoms with van der Waals surface area (Å²) in [4.78, 5) is 12.6. The van der Waals surface area contributed by atoms with Crippen molar-refractivity contribution in [1.29, 1.82) is 5.26 Å². The van der Waals surface area contributed by atoms with Crippen LogP contribution in [0.5, 0.6) is 0 Å². The van der Waals surface area contributed by atoms with Crippen LogP contribution in [0.15, 0.2) is 30.8 Å². The van der Waals surface area contributed by atoms with Crippen molar-refractivity contribution in [3.8, 4) is 6.07 Å². The first-order valence-corrected chi connectivity index (χ1v) is 4.50. The van der Waals surface area contributed by atoms with E-state index >= 15 is 0 Å². The van der Waals surface area contributed by atoms with E-state index in [1.54, 1.807) is 31.3 Å². The number of benzene rings is 1. The van der Waals surface area contributed by atoms with Crippen LogP contribution in [0, 0.1) is 11.3 Å². The lowest BCUT2D eigenvalue weighted by Crippen LogP contribution is -2.21. The van der Waals surface area contributed by atoms with Crippen molar-refractivity contribution in [1.82, 2.24) is 4.90 Å². The maximum Gasteiger partial charge on any atom is 0.223 e. The molecule has 1 rings (SSSR count). The number of rotatable bonds is 2. The van der Waals surface area contributed by atoms with Gasteiger partial charge in [-0.25, -0.2) is 0 Å². The molecule has 0 fully saturated rings. The summed E-state index contributed by atoms with van der Waals surface area (Å²) in [5.74, 6) is -0.0654. The maximum atomic E-state index is 11.1. The highest BCUT2D eigenvalue weighted by molar-refractivity contribution is 5.84. The summed E-state index contributed by atoms with van der Waals surface area (Å²) in [5, 5.41) is 8.63. The van der Waals surface area contributed by atoms with Crippen molar-refractivity contribution in [2.24, 2.45) is 0 Å². The number of nitrogens with zero attached hydrogens (tertiary/aromatic N) is 2. The zero-order valence-corrected chi connectivity index (χ0v) is 8.82. The molecule has 1 aromatic carbocycles. The van der Waals surface area contributed by atoms with Crippen LogP contribution in [0.1, 0.15) is 18.1 Å². The third-order valence-corrected chi connectivity index (χ3v) is 2.22. The molecule has 0 aliphatic rings. The fourth-order valence-electron chi connectivity index (χ4n) is 1.12. The van der Waals surface area contributed by atoms with Crippen LogP contribution >= 0.6 is 0 Å². The summed E-state index contributed by atoms with van der Waals surface area (Å²) >= 11 is 0. The Morgan fingerprint density at radius 2 is 1.93 bits per heavy atom. The van der Waals surface area contributed by atoms with Crippen molar-refractivity contribution in [2.75, 3.05) is 7.05 Å². The quantitative estimate of drug-likeness (QED) is 0.733. The third kappa shape index (κ3) is 2.44. The van der Waals surface area contributed by atoms with Gasteiger partial charge in [0, 0.05) is 19.7 Å². The zero-order valence-electron chi connectivity index (χ0n) is 8.82. The SMILES string of the molecule is C=C(c1ccc(C#N)cc1)N(C)C(C)=O. The highest BCUT2D eigenvalue weighted by Gasteiger charge is 2.08. The lowest BCUT2D eigenvalue weighted by molar-refractivity contribution is -0.124. The van der Waals surface area contributed by atoms with Gasteiger partial charge in [-0.15, -0.1) is 0 Å². The van der Waals surface area contributed by atoms with E-state index in [-0.39, 0.29) is 5.91 Å². The summed E-state index contributed by atoms with van der Waals surface area (Å²) in [5.41, 5.74) is 2.07. The number of carbonyl (C=O) groups is 1. The molecule has 0 saturated carbocycles. The van der Waals surface area contributed by atoms with Gasteiger partial charge >= 0.3 is 0 Å². The van der Waals surface area contributed by atoms with Gasteiger partial charge in [-0.3, -0.25) is 4.79 Å². The fraction of sp³-hybridized carbons (Fsp3) is 0.167. The molecule has 15 heavy (non-hydrogen) atoms. The Balaban J connectivity index is 2.93. The number of hydrogen-bond acceptors (Lipinski definition) is 2. The smallest absolute Gasteiger partial charge is 0.223 e. The Hall–Kier alpha value is -2.08. The normalized spacial score (nSPS) is 9.13. The second-order valence-electron chi connectivity index (χ2n) is 3.21. The van der Waals surface area contributed by atoms with E-state index in [1.165, 1.54) is 11.8 Å². The molecule has 1 aromatic rings. The van der Waals surface area contributed by atoms with Crippen LogP contribution in [0.2, 0.25) is 0 Å². The highest BCUT2D eigenvalue weighted by atomic mass is 16.2. The van der Waals surface area contributed by atoms with Gasteiger partial charge in [0.2, 0.25) is 5.91 Å². The van der Waals surface area contributed by atoms with Gasteiger partial charge in [-0.05, 0) is 17.7 Å². The van der Waals surface area contributed by atoms with Crippen molar-refractivity contribution in [3.05, 3.63) is 42.0 Å². The molecule has 76 valence electrons. The molecule has 0 unspecified atom stereocenters. The van der Waals surface area contributed by atoms with Gasteiger partial charge in [-0.1, -0.05) is 18.7 Å². The second-order valence-corrected chi connectivity index (χ2v) is 3.21. The number of nitriles is 1.